The fourth-order valence-corrected chi connectivity index (χ4v) is 0.478. The molecular weight excluding hydrogens is 170 g/mol. The van der Waals surface area contributed by atoms with E-state index in [4.69, 9.17) is 5.73 Å². The van der Waals surface area contributed by atoms with Crippen LogP contribution in [0.15, 0.2) is 0 Å². The lowest BCUT2D eigenvalue weighted by atomic mass is 10.1. The molecule has 2 N–H and O–H groups in total. The summed E-state index contributed by atoms with van der Waals surface area (Å²) in [6.45, 7) is 1.64. The highest BCUT2D eigenvalue weighted by atomic mass is 35.5. The highest BCUT2D eigenvalue weighted by molar-refractivity contribution is 6.02. The van der Waals surface area contributed by atoms with Gasteiger partial charge in [0.2, 0.25) is 0 Å². The van der Waals surface area contributed by atoms with Crippen molar-refractivity contribution < 1.29 is 14.3 Å². The van der Waals surface area contributed by atoms with Crippen LogP contribution in [0.25, 0.3) is 0 Å². The van der Waals surface area contributed by atoms with E-state index >= 15 is 0 Å². The van der Waals surface area contributed by atoms with Gasteiger partial charge in [-0.2, -0.15) is 0 Å². The molecule has 0 aliphatic carbocycles. The second kappa shape index (κ2) is 6.12. The summed E-state index contributed by atoms with van der Waals surface area (Å²) in [7, 11) is 1.20. The van der Waals surface area contributed by atoms with Gasteiger partial charge in [-0.1, -0.05) is 6.92 Å². The highest BCUT2D eigenvalue weighted by Crippen LogP contribution is 1.89. The maximum atomic E-state index is 10.7. The number of nitrogens with two attached hydrogens (primary N) is 1. The van der Waals surface area contributed by atoms with Crippen LogP contribution in [0.4, 0.5) is 0 Å². The van der Waals surface area contributed by atoms with Crippen molar-refractivity contribution in [1.29, 1.82) is 0 Å². The monoisotopic (exact) mass is 181 g/mol. The van der Waals surface area contributed by atoms with Gasteiger partial charge in [-0.3, -0.25) is 4.79 Å². The molecule has 0 aliphatic rings. The molecule has 0 aliphatic heterocycles. The number of ether oxygens (including phenoxy) is 1. The molecule has 1 atom stereocenters. The molecule has 1 unspecified atom stereocenters. The van der Waals surface area contributed by atoms with E-state index in [1.807, 2.05) is 0 Å². The van der Waals surface area contributed by atoms with Gasteiger partial charge in [0, 0.05) is 6.42 Å². The molecule has 0 bridgehead atoms. The van der Waals surface area contributed by atoms with E-state index in [0.29, 0.717) is 0 Å². The fraction of sp³-hybridized carbons (Fsp3) is 0.667. The van der Waals surface area contributed by atoms with Gasteiger partial charge in [-0.05, 0) is 0 Å². The quantitative estimate of drug-likeness (QED) is 0.487. The smallest absolute Gasteiger partial charge is 0.330 e. The van der Waals surface area contributed by atoms with Crippen LogP contribution in [0.2, 0.25) is 0 Å². The zero-order valence-corrected chi connectivity index (χ0v) is 7.31. The molecule has 0 aromatic rings. The van der Waals surface area contributed by atoms with Gasteiger partial charge in [0.15, 0.2) is 11.8 Å². The third kappa shape index (κ3) is 3.95. The molecule has 0 amide bonds. The van der Waals surface area contributed by atoms with Crippen molar-refractivity contribution in [3.63, 3.8) is 0 Å². The summed E-state index contributed by atoms with van der Waals surface area (Å²) < 4.78 is 4.25. The zero-order valence-electron chi connectivity index (χ0n) is 6.49. The summed E-state index contributed by atoms with van der Waals surface area (Å²) in [5, 5.41) is 0. The van der Waals surface area contributed by atoms with Crippen LogP contribution in [0.3, 0.4) is 0 Å². The molecule has 5 heteroatoms. The van der Waals surface area contributed by atoms with Crippen molar-refractivity contribution in [2.75, 3.05) is 7.11 Å². The zero-order chi connectivity index (χ0) is 8.15. The average molecular weight is 182 g/mol. The van der Waals surface area contributed by atoms with Crippen molar-refractivity contribution in [3.05, 3.63) is 0 Å². The van der Waals surface area contributed by atoms with Gasteiger partial charge in [-0.15, -0.1) is 12.4 Å². The van der Waals surface area contributed by atoms with Gasteiger partial charge < -0.3 is 10.5 Å². The Labute approximate surface area is 71.5 Å². The summed E-state index contributed by atoms with van der Waals surface area (Å²) in [5.41, 5.74) is 5.16. The minimum atomic E-state index is -1.10. The molecular formula is C6H12ClNO3. The number of hydrogen-bond acceptors (Lipinski definition) is 4. The second-order valence-corrected chi connectivity index (χ2v) is 1.82. The van der Waals surface area contributed by atoms with Crippen molar-refractivity contribution in [3.8, 4) is 0 Å². The van der Waals surface area contributed by atoms with E-state index in [2.05, 4.69) is 4.74 Å². The van der Waals surface area contributed by atoms with Crippen LogP contribution in [-0.2, 0) is 14.3 Å². The third-order valence-corrected chi connectivity index (χ3v) is 1.15. The van der Waals surface area contributed by atoms with Crippen LogP contribution in [0.1, 0.15) is 13.3 Å². The Kier molecular flexibility index (Phi) is 7.24. The largest absolute Gasteiger partial charge is 0.468 e. The first-order valence-corrected chi connectivity index (χ1v) is 2.99. The summed E-state index contributed by atoms with van der Waals surface area (Å²) in [5.74, 6) is -0.973. The van der Waals surface area contributed by atoms with Crippen LogP contribution in [0, 0.1) is 0 Å². The molecule has 0 fully saturated rings. The number of hydrogen-bond donors (Lipinski definition) is 1. The molecule has 4 nitrogen and oxygen atoms in total. The van der Waals surface area contributed by atoms with Gasteiger partial charge >= 0.3 is 5.97 Å². The minimum absolute atomic E-state index is 0. The number of halogens is 1. The number of ketones is 1. The van der Waals surface area contributed by atoms with Crippen molar-refractivity contribution in [2.24, 2.45) is 5.73 Å². The van der Waals surface area contributed by atoms with E-state index in [1.165, 1.54) is 7.11 Å². The molecule has 66 valence electrons. The number of Topliss-reactive ketones (excluding diaryl/α,β-unsaturated/α-hetero) is 1. The number of rotatable bonds is 3. The van der Waals surface area contributed by atoms with E-state index < -0.39 is 12.0 Å². The molecule has 0 aromatic heterocycles. The summed E-state index contributed by atoms with van der Waals surface area (Å²) in [4.78, 5) is 21.2. The van der Waals surface area contributed by atoms with Gasteiger partial charge in [0.05, 0.1) is 7.11 Å². The van der Waals surface area contributed by atoms with Gasteiger partial charge in [0.1, 0.15) is 0 Å². The molecule has 0 saturated heterocycles. The summed E-state index contributed by atoms with van der Waals surface area (Å²) >= 11 is 0. The Morgan fingerprint density at radius 2 is 2.00 bits per heavy atom. The fourth-order valence-electron chi connectivity index (χ4n) is 0.478. The summed E-state index contributed by atoms with van der Waals surface area (Å²) in [6.07, 6.45) is 0.260. The molecule has 0 aromatic carbocycles. The minimum Gasteiger partial charge on any atom is -0.468 e. The standard InChI is InChI=1S/C6H11NO3.ClH/c1-3-4(8)5(7)6(9)10-2;/h5H,3,7H2,1-2H3;1H. The molecule has 0 heterocycles. The number of carbonyl (C=O) groups is 2. The van der Waals surface area contributed by atoms with Crippen LogP contribution >= 0.6 is 12.4 Å². The topological polar surface area (TPSA) is 69.4 Å². The summed E-state index contributed by atoms with van der Waals surface area (Å²) in [6, 6.07) is -1.10. The molecule has 0 spiro atoms. The van der Waals surface area contributed by atoms with Crippen LogP contribution in [0.5, 0.6) is 0 Å². The van der Waals surface area contributed by atoms with E-state index in [-0.39, 0.29) is 24.6 Å². The van der Waals surface area contributed by atoms with E-state index in [0.717, 1.165) is 0 Å². The Morgan fingerprint density at radius 1 is 1.55 bits per heavy atom. The number of carbonyl (C=O) groups excluding carboxylic acids is 2. The first-order valence-electron chi connectivity index (χ1n) is 2.99. The maximum Gasteiger partial charge on any atom is 0.330 e. The Bertz CT molecular complexity index is 133. The first-order chi connectivity index (χ1) is 4.63. The van der Waals surface area contributed by atoms with Crippen molar-refractivity contribution in [2.45, 2.75) is 19.4 Å². The molecule has 0 saturated carbocycles. The number of methoxy groups -OCH3 is 1. The van der Waals surface area contributed by atoms with Crippen LogP contribution < -0.4 is 5.73 Å². The van der Waals surface area contributed by atoms with Crippen molar-refractivity contribution >= 4 is 24.2 Å². The Balaban J connectivity index is 0. The normalized spacial score (nSPS) is 11.2. The third-order valence-electron chi connectivity index (χ3n) is 1.15. The second-order valence-electron chi connectivity index (χ2n) is 1.82. The van der Waals surface area contributed by atoms with Gasteiger partial charge in [0.25, 0.3) is 0 Å². The lowest BCUT2D eigenvalue weighted by Gasteiger charge is -2.04. The van der Waals surface area contributed by atoms with Crippen molar-refractivity contribution in [1.82, 2.24) is 0 Å². The SMILES string of the molecule is CCC(=O)C(N)C(=O)OC.Cl. The lowest BCUT2D eigenvalue weighted by molar-refractivity contribution is -0.145. The van der Waals surface area contributed by atoms with E-state index in [1.54, 1.807) is 6.92 Å². The number of esters is 1. The van der Waals surface area contributed by atoms with Crippen LogP contribution in [-0.4, -0.2) is 24.9 Å². The lowest BCUT2D eigenvalue weighted by Crippen LogP contribution is -2.38. The predicted octanol–water partition coefficient (Wildman–Crippen LogP) is -0.112. The predicted molar refractivity (Wildman–Crippen MR) is 42.5 cm³/mol. The van der Waals surface area contributed by atoms with Gasteiger partial charge in [-0.25, -0.2) is 4.79 Å². The highest BCUT2D eigenvalue weighted by Gasteiger charge is 2.20. The maximum absolute atomic E-state index is 10.7. The Morgan fingerprint density at radius 3 is 2.27 bits per heavy atom. The first kappa shape index (κ1) is 13.0. The van der Waals surface area contributed by atoms with E-state index in [9.17, 15) is 9.59 Å². The Hall–Kier alpha value is -0.610. The average Bonchev–Trinajstić information content (AvgIpc) is 2.00. The molecule has 11 heavy (non-hydrogen) atoms. The molecule has 0 radical (unpaired) electrons. The molecule has 0 rings (SSSR count).